The molecule has 1 aliphatic carbocycles. The van der Waals surface area contributed by atoms with Crippen LogP contribution >= 0.6 is 0 Å². The van der Waals surface area contributed by atoms with Crippen molar-refractivity contribution in [1.29, 1.82) is 0 Å². The van der Waals surface area contributed by atoms with Crippen molar-refractivity contribution in [3.05, 3.63) is 18.1 Å². The summed E-state index contributed by atoms with van der Waals surface area (Å²) in [7, 11) is 1.33. The Morgan fingerprint density at radius 2 is 2.31 bits per heavy atom. The zero-order valence-electron chi connectivity index (χ0n) is 9.27. The second-order valence-corrected chi connectivity index (χ2v) is 3.94. The van der Waals surface area contributed by atoms with Crippen molar-refractivity contribution in [1.82, 2.24) is 9.97 Å². The molecule has 0 amide bonds. The van der Waals surface area contributed by atoms with Gasteiger partial charge in [0, 0.05) is 6.54 Å². The van der Waals surface area contributed by atoms with Crippen molar-refractivity contribution >= 4 is 11.8 Å². The Balaban J connectivity index is 1.83. The van der Waals surface area contributed by atoms with Crippen molar-refractivity contribution in [3.63, 3.8) is 0 Å². The van der Waals surface area contributed by atoms with Gasteiger partial charge in [0.2, 0.25) is 0 Å². The Kier molecular flexibility index (Phi) is 3.34. The van der Waals surface area contributed by atoms with Gasteiger partial charge in [0.05, 0.1) is 19.5 Å². The SMILES string of the molecule is COC(=O)c1cnc(NCCC2CC2)cn1. The molecule has 1 saturated carbocycles. The third-order valence-electron chi connectivity index (χ3n) is 2.60. The zero-order chi connectivity index (χ0) is 11.4. The predicted molar refractivity (Wildman–Crippen MR) is 59.2 cm³/mol. The lowest BCUT2D eigenvalue weighted by Crippen LogP contribution is -2.08. The molecule has 0 aliphatic heterocycles. The highest BCUT2D eigenvalue weighted by Crippen LogP contribution is 2.31. The van der Waals surface area contributed by atoms with Crippen LogP contribution in [-0.2, 0) is 4.74 Å². The summed E-state index contributed by atoms with van der Waals surface area (Å²) in [5, 5.41) is 3.17. The van der Waals surface area contributed by atoms with Crippen LogP contribution in [0.1, 0.15) is 29.8 Å². The zero-order valence-corrected chi connectivity index (χ0v) is 9.27. The summed E-state index contributed by atoms with van der Waals surface area (Å²) >= 11 is 0. The number of carbonyl (C=O) groups is 1. The van der Waals surface area contributed by atoms with Gasteiger partial charge in [0.15, 0.2) is 5.69 Å². The highest BCUT2D eigenvalue weighted by atomic mass is 16.5. The van der Waals surface area contributed by atoms with Crippen LogP contribution < -0.4 is 5.32 Å². The van der Waals surface area contributed by atoms with Crippen molar-refractivity contribution in [3.8, 4) is 0 Å². The minimum absolute atomic E-state index is 0.232. The Morgan fingerprint density at radius 3 is 2.88 bits per heavy atom. The second-order valence-electron chi connectivity index (χ2n) is 3.94. The molecular weight excluding hydrogens is 206 g/mol. The lowest BCUT2D eigenvalue weighted by atomic mass is 10.3. The number of nitrogens with zero attached hydrogens (tertiary/aromatic N) is 2. The molecule has 16 heavy (non-hydrogen) atoms. The van der Waals surface area contributed by atoms with Crippen LogP contribution in [0.2, 0.25) is 0 Å². The number of hydrogen-bond donors (Lipinski definition) is 1. The van der Waals surface area contributed by atoms with E-state index in [9.17, 15) is 4.79 Å². The molecule has 1 N–H and O–H groups in total. The molecule has 0 unspecified atom stereocenters. The van der Waals surface area contributed by atoms with Gasteiger partial charge in [-0.2, -0.15) is 0 Å². The number of ether oxygens (including phenoxy) is 1. The molecule has 1 aromatic heterocycles. The number of anilines is 1. The third-order valence-corrected chi connectivity index (χ3v) is 2.60. The quantitative estimate of drug-likeness (QED) is 0.763. The van der Waals surface area contributed by atoms with Gasteiger partial charge in [-0.25, -0.2) is 14.8 Å². The predicted octanol–water partition coefficient (Wildman–Crippen LogP) is 1.48. The van der Waals surface area contributed by atoms with E-state index < -0.39 is 5.97 Å². The summed E-state index contributed by atoms with van der Waals surface area (Å²) in [5.41, 5.74) is 0.232. The Bertz CT molecular complexity index is 360. The lowest BCUT2D eigenvalue weighted by molar-refractivity contribution is 0.0593. The highest BCUT2D eigenvalue weighted by Gasteiger charge is 2.20. The molecule has 2 rings (SSSR count). The van der Waals surface area contributed by atoms with Gasteiger partial charge in [-0.05, 0) is 12.3 Å². The summed E-state index contributed by atoms with van der Waals surface area (Å²) in [5.74, 6) is 1.14. The van der Waals surface area contributed by atoms with Crippen molar-refractivity contribution in [2.24, 2.45) is 5.92 Å². The van der Waals surface area contributed by atoms with Gasteiger partial charge in [0.1, 0.15) is 5.82 Å². The Hall–Kier alpha value is -1.65. The number of nitrogens with one attached hydrogen (secondary N) is 1. The van der Waals surface area contributed by atoms with Gasteiger partial charge >= 0.3 is 5.97 Å². The van der Waals surface area contributed by atoms with Crippen molar-refractivity contribution < 1.29 is 9.53 Å². The number of methoxy groups -OCH3 is 1. The average Bonchev–Trinajstić information content (AvgIpc) is 3.13. The molecule has 0 aromatic carbocycles. The molecule has 0 bridgehead atoms. The fourth-order valence-electron chi connectivity index (χ4n) is 1.44. The fourth-order valence-corrected chi connectivity index (χ4v) is 1.44. The van der Waals surface area contributed by atoms with E-state index in [-0.39, 0.29) is 5.69 Å². The number of hydrogen-bond acceptors (Lipinski definition) is 5. The van der Waals surface area contributed by atoms with Gasteiger partial charge in [-0.15, -0.1) is 0 Å². The van der Waals surface area contributed by atoms with Gasteiger partial charge in [-0.1, -0.05) is 12.8 Å². The van der Waals surface area contributed by atoms with E-state index in [2.05, 4.69) is 20.0 Å². The molecule has 1 aromatic rings. The topological polar surface area (TPSA) is 64.1 Å². The maximum absolute atomic E-state index is 11.1. The highest BCUT2D eigenvalue weighted by molar-refractivity contribution is 5.86. The molecule has 86 valence electrons. The van der Waals surface area contributed by atoms with E-state index in [1.165, 1.54) is 32.6 Å². The van der Waals surface area contributed by atoms with Gasteiger partial charge in [-0.3, -0.25) is 0 Å². The van der Waals surface area contributed by atoms with Crippen LogP contribution in [0, 0.1) is 5.92 Å². The molecule has 1 heterocycles. The number of carbonyl (C=O) groups excluding carboxylic acids is 1. The minimum atomic E-state index is -0.461. The monoisotopic (exact) mass is 221 g/mol. The number of rotatable bonds is 5. The average molecular weight is 221 g/mol. The van der Waals surface area contributed by atoms with Gasteiger partial charge in [0.25, 0.3) is 0 Å². The number of aromatic nitrogens is 2. The standard InChI is InChI=1S/C11H15N3O2/c1-16-11(15)9-6-14-10(7-13-9)12-5-4-8-2-3-8/h6-8H,2-5H2,1H3,(H,12,14). The van der Waals surface area contributed by atoms with Crippen LogP contribution in [0.4, 0.5) is 5.82 Å². The summed E-state index contributed by atoms with van der Waals surface area (Å²) in [4.78, 5) is 19.1. The van der Waals surface area contributed by atoms with E-state index in [0.29, 0.717) is 5.82 Å². The Morgan fingerprint density at radius 1 is 1.50 bits per heavy atom. The van der Waals surface area contributed by atoms with Crippen LogP contribution in [0.5, 0.6) is 0 Å². The summed E-state index contributed by atoms with van der Waals surface area (Å²) in [6.45, 7) is 0.914. The van der Waals surface area contributed by atoms with E-state index in [1.807, 2.05) is 0 Å². The van der Waals surface area contributed by atoms with Crippen LogP contribution in [0.15, 0.2) is 12.4 Å². The molecule has 0 saturated heterocycles. The van der Waals surface area contributed by atoms with Crippen LogP contribution in [0.3, 0.4) is 0 Å². The smallest absolute Gasteiger partial charge is 0.358 e. The molecule has 5 nitrogen and oxygen atoms in total. The normalized spacial score (nSPS) is 14.6. The van der Waals surface area contributed by atoms with E-state index in [4.69, 9.17) is 0 Å². The first-order chi connectivity index (χ1) is 7.79. The van der Waals surface area contributed by atoms with Crippen LogP contribution in [-0.4, -0.2) is 29.6 Å². The minimum Gasteiger partial charge on any atom is -0.464 e. The Labute approximate surface area is 94.2 Å². The third kappa shape index (κ3) is 2.92. The molecule has 0 radical (unpaired) electrons. The summed E-state index contributed by atoms with van der Waals surface area (Å²) in [6, 6.07) is 0. The maximum atomic E-state index is 11.1. The van der Waals surface area contributed by atoms with Crippen molar-refractivity contribution in [2.75, 3.05) is 19.0 Å². The largest absolute Gasteiger partial charge is 0.464 e. The lowest BCUT2D eigenvalue weighted by Gasteiger charge is -2.04. The molecular formula is C11H15N3O2. The van der Waals surface area contributed by atoms with E-state index in [1.54, 1.807) is 6.20 Å². The van der Waals surface area contributed by atoms with E-state index >= 15 is 0 Å². The number of esters is 1. The molecule has 0 atom stereocenters. The molecule has 0 spiro atoms. The fraction of sp³-hybridized carbons (Fsp3) is 0.545. The first kappa shape index (κ1) is 10.9. The maximum Gasteiger partial charge on any atom is 0.358 e. The molecule has 1 aliphatic rings. The first-order valence-electron chi connectivity index (χ1n) is 5.44. The van der Waals surface area contributed by atoms with Gasteiger partial charge < -0.3 is 10.1 Å². The van der Waals surface area contributed by atoms with Crippen molar-refractivity contribution in [2.45, 2.75) is 19.3 Å². The second kappa shape index (κ2) is 4.92. The summed E-state index contributed by atoms with van der Waals surface area (Å²) in [6.07, 6.45) is 6.87. The summed E-state index contributed by atoms with van der Waals surface area (Å²) < 4.78 is 4.54. The van der Waals surface area contributed by atoms with E-state index in [0.717, 1.165) is 12.5 Å². The first-order valence-corrected chi connectivity index (χ1v) is 5.44. The molecule has 1 fully saturated rings. The van der Waals surface area contributed by atoms with Crippen LogP contribution in [0.25, 0.3) is 0 Å². The molecule has 5 heteroatoms.